The van der Waals surface area contributed by atoms with Crippen LogP contribution in [0.4, 0.5) is 0 Å². The highest BCUT2D eigenvalue weighted by molar-refractivity contribution is 6.31. The summed E-state index contributed by atoms with van der Waals surface area (Å²) in [5.41, 5.74) is 7.92. The number of ether oxygens (including phenoxy) is 1. The summed E-state index contributed by atoms with van der Waals surface area (Å²) in [5, 5.41) is 5.01. The molecule has 1 unspecified atom stereocenters. The summed E-state index contributed by atoms with van der Waals surface area (Å²) < 4.78 is 6.81. The molecular formula is C11H20ClN3O. The molecule has 1 aromatic heterocycles. The summed E-state index contributed by atoms with van der Waals surface area (Å²) in [6.07, 6.45) is 2.68. The molecule has 2 N–H and O–H groups in total. The second-order valence-corrected chi connectivity index (χ2v) is 4.45. The van der Waals surface area contributed by atoms with Crippen LogP contribution in [0.1, 0.15) is 24.2 Å². The van der Waals surface area contributed by atoms with E-state index in [9.17, 15) is 0 Å². The lowest BCUT2D eigenvalue weighted by molar-refractivity contribution is 0.190. The van der Waals surface area contributed by atoms with Crippen LogP contribution in [-0.2, 0) is 18.2 Å². The maximum atomic E-state index is 6.16. The van der Waals surface area contributed by atoms with Crippen LogP contribution in [0.2, 0.25) is 5.02 Å². The standard InChI is InChI=1S/C11H20ClN3O/c1-8-11(12)10(15(2)14-8)7-9(13)5-4-6-16-3/h9H,4-7,13H2,1-3H3. The molecule has 5 heteroatoms. The van der Waals surface area contributed by atoms with Crippen LogP contribution in [0.5, 0.6) is 0 Å². The van der Waals surface area contributed by atoms with Crippen molar-refractivity contribution in [1.82, 2.24) is 9.78 Å². The fourth-order valence-electron chi connectivity index (χ4n) is 1.74. The molecule has 0 aliphatic carbocycles. The minimum Gasteiger partial charge on any atom is -0.385 e. The van der Waals surface area contributed by atoms with E-state index in [2.05, 4.69) is 5.10 Å². The molecule has 0 radical (unpaired) electrons. The van der Waals surface area contributed by atoms with E-state index in [-0.39, 0.29) is 6.04 Å². The Morgan fingerprint density at radius 2 is 2.25 bits per heavy atom. The number of methoxy groups -OCH3 is 1. The monoisotopic (exact) mass is 245 g/mol. The van der Waals surface area contributed by atoms with E-state index >= 15 is 0 Å². The average Bonchev–Trinajstić information content (AvgIpc) is 2.46. The highest BCUT2D eigenvalue weighted by atomic mass is 35.5. The third kappa shape index (κ3) is 3.47. The summed E-state index contributed by atoms with van der Waals surface area (Å²) >= 11 is 6.16. The second kappa shape index (κ2) is 6.23. The van der Waals surface area contributed by atoms with Gasteiger partial charge in [0, 0.05) is 33.2 Å². The lowest BCUT2D eigenvalue weighted by Crippen LogP contribution is -2.24. The Kier molecular flexibility index (Phi) is 5.25. The van der Waals surface area contributed by atoms with Gasteiger partial charge in [0.05, 0.1) is 16.4 Å². The lowest BCUT2D eigenvalue weighted by atomic mass is 10.1. The molecule has 0 amide bonds. The number of nitrogens with zero attached hydrogens (tertiary/aromatic N) is 2. The maximum absolute atomic E-state index is 6.16. The van der Waals surface area contributed by atoms with Gasteiger partial charge in [0.1, 0.15) is 0 Å². The molecule has 0 fully saturated rings. The van der Waals surface area contributed by atoms with Gasteiger partial charge in [0.15, 0.2) is 0 Å². The van der Waals surface area contributed by atoms with Gasteiger partial charge in [-0.1, -0.05) is 11.6 Å². The zero-order chi connectivity index (χ0) is 12.1. The van der Waals surface area contributed by atoms with Gasteiger partial charge in [-0.2, -0.15) is 5.10 Å². The average molecular weight is 246 g/mol. The number of hydrogen-bond donors (Lipinski definition) is 1. The Morgan fingerprint density at radius 1 is 1.56 bits per heavy atom. The number of rotatable bonds is 6. The number of aryl methyl sites for hydroxylation is 2. The first kappa shape index (κ1) is 13.5. The minimum atomic E-state index is 0.113. The largest absolute Gasteiger partial charge is 0.385 e. The highest BCUT2D eigenvalue weighted by Crippen LogP contribution is 2.21. The van der Waals surface area contributed by atoms with Gasteiger partial charge < -0.3 is 10.5 Å². The molecule has 1 aromatic rings. The van der Waals surface area contributed by atoms with E-state index < -0.39 is 0 Å². The predicted molar refractivity (Wildman–Crippen MR) is 65.7 cm³/mol. The van der Waals surface area contributed by atoms with E-state index in [1.165, 1.54) is 0 Å². The van der Waals surface area contributed by atoms with Crippen molar-refractivity contribution in [2.75, 3.05) is 13.7 Å². The predicted octanol–water partition coefficient (Wildman–Crippen LogP) is 1.68. The molecular weight excluding hydrogens is 226 g/mol. The van der Waals surface area contributed by atoms with Crippen molar-refractivity contribution in [3.8, 4) is 0 Å². The van der Waals surface area contributed by atoms with Crippen molar-refractivity contribution in [1.29, 1.82) is 0 Å². The molecule has 0 saturated carbocycles. The molecule has 0 spiro atoms. The van der Waals surface area contributed by atoms with Crippen molar-refractivity contribution < 1.29 is 4.74 Å². The van der Waals surface area contributed by atoms with Crippen LogP contribution in [0, 0.1) is 6.92 Å². The molecule has 0 saturated heterocycles. The first-order valence-corrected chi connectivity index (χ1v) is 5.86. The third-order valence-corrected chi connectivity index (χ3v) is 3.13. The molecule has 0 aromatic carbocycles. The summed E-state index contributed by atoms with van der Waals surface area (Å²) in [6, 6.07) is 0.113. The number of nitrogens with two attached hydrogens (primary N) is 1. The zero-order valence-corrected chi connectivity index (χ0v) is 10.9. The van der Waals surface area contributed by atoms with Crippen LogP contribution in [0.15, 0.2) is 0 Å². The van der Waals surface area contributed by atoms with Gasteiger partial charge in [-0.3, -0.25) is 4.68 Å². The minimum absolute atomic E-state index is 0.113. The Balaban J connectivity index is 2.52. The van der Waals surface area contributed by atoms with Crippen molar-refractivity contribution >= 4 is 11.6 Å². The Hall–Kier alpha value is -0.580. The molecule has 0 bridgehead atoms. The zero-order valence-electron chi connectivity index (χ0n) is 10.2. The van der Waals surface area contributed by atoms with E-state index in [1.807, 2.05) is 18.7 Å². The van der Waals surface area contributed by atoms with Gasteiger partial charge >= 0.3 is 0 Å². The van der Waals surface area contributed by atoms with Crippen molar-refractivity contribution in [2.45, 2.75) is 32.2 Å². The van der Waals surface area contributed by atoms with E-state index in [0.29, 0.717) is 0 Å². The molecule has 92 valence electrons. The van der Waals surface area contributed by atoms with Gasteiger partial charge in [0.2, 0.25) is 0 Å². The summed E-state index contributed by atoms with van der Waals surface area (Å²) in [5.74, 6) is 0. The van der Waals surface area contributed by atoms with Gasteiger partial charge in [0.25, 0.3) is 0 Å². The fraction of sp³-hybridized carbons (Fsp3) is 0.727. The smallest absolute Gasteiger partial charge is 0.0847 e. The van der Waals surface area contributed by atoms with Crippen LogP contribution in [0.3, 0.4) is 0 Å². The summed E-state index contributed by atoms with van der Waals surface area (Å²) in [4.78, 5) is 0. The van der Waals surface area contributed by atoms with Crippen molar-refractivity contribution in [2.24, 2.45) is 12.8 Å². The Bertz CT molecular complexity index is 338. The second-order valence-electron chi connectivity index (χ2n) is 4.07. The molecule has 16 heavy (non-hydrogen) atoms. The van der Waals surface area contributed by atoms with Crippen molar-refractivity contribution in [3.05, 3.63) is 16.4 Å². The number of halogens is 1. The van der Waals surface area contributed by atoms with Gasteiger partial charge in [-0.25, -0.2) is 0 Å². The quantitative estimate of drug-likeness (QED) is 0.776. The van der Waals surface area contributed by atoms with Gasteiger partial charge in [-0.05, 0) is 19.8 Å². The molecule has 1 atom stereocenters. The Morgan fingerprint density at radius 3 is 2.75 bits per heavy atom. The van der Waals surface area contributed by atoms with Crippen LogP contribution in [0.25, 0.3) is 0 Å². The van der Waals surface area contributed by atoms with Crippen LogP contribution < -0.4 is 5.73 Å². The van der Waals surface area contributed by atoms with Crippen LogP contribution >= 0.6 is 11.6 Å². The third-order valence-electron chi connectivity index (χ3n) is 2.64. The van der Waals surface area contributed by atoms with Crippen LogP contribution in [-0.4, -0.2) is 29.5 Å². The molecule has 1 rings (SSSR count). The number of aromatic nitrogens is 2. The lowest BCUT2D eigenvalue weighted by Gasteiger charge is -2.11. The molecule has 0 aliphatic heterocycles. The normalized spacial score (nSPS) is 13.1. The fourth-order valence-corrected chi connectivity index (χ4v) is 1.98. The van der Waals surface area contributed by atoms with E-state index in [4.69, 9.17) is 22.1 Å². The van der Waals surface area contributed by atoms with E-state index in [0.717, 1.165) is 42.3 Å². The molecule has 4 nitrogen and oxygen atoms in total. The first-order chi connectivity index (χ1) is 7.56. The SMILES string of the molecule is COCCCC(N)Cc1c(Cl)c(C)nn1C. The molecule has 1 heterocycles. The Labute approximate surface area is 102 Å². The molecule has 0 aliphatic rings. The summed E-state index contributed by atoms with van der Waals surface area (Å²) in [6.45, 7) is 2.66. The van der Waals surface area contributed by atoms with E-state index in [1.54, 1.807) is 7.11 Å². The van der Waals surface area contributed by atoms with Crippen molar-refractivity contribution in [3.63, 3.8) is 0 Å². The first-order valence-electron chi connectivity index (χ1n) is 5.48. The van der Waals surface area contributed by atoms with Gasteiger partial charge in [-0.15, -0.1) is 0 Å². The maximum Gasteiger partial charge on any atom is 0.0847 e. The number of hydrogen-bond acceptors (Lipinski definition) is 3. The topological polar surface area (TPSA) is 53.1 Å². The summed E-state index contributed by atoms with van der Waals surface area (Å²) in [7, 11) is 3.60. The highest BCUT2D eigenvalue weighted by Gasteiger charge is 2.14.